The molecule has 7 nitrogen and oxygen atoms in total. The van der Waals surface area contributed by atoms with Gasteiger partial charge in [0.25, 0.3) is 23.6 Å². The number of rotatable bonds is 11. The van der Waals surface area contributed by atoms with Gasteiger partial charge in [-0.15, -0.1) is 0 Å². The quantitative estimate of drug-likeness (QED) is 0.0420. The Morgan fingerprint density at radius 2 is 0.864 bits per heavy atom. The van der Waals surface area contributed by atoms with E-state index in [1.165, 1.54) is 0 Å². The van der Waals surface area contributed by atoms with Gasteiger partial charge in [0.05, 0.1) is 11.1 Å². The highest BCUT2D eigenvalue weighted by Crippen LogP contribution is 2.46. The standard InChI is InChI=1S/C37H37N3O4/c1-3-5-7-9-11-21(12-10-8-6-4-2)39-34(41)26-17-13-22-24-15-19-28-33-29(37(44)40(38)36(28)43)20-16-25(31(24)33)23-14-18-27(35(39)42)32(26)30(22)23/h13-21H,3-12,38H2,1-2H3. The summed E-state index contributed by atoms with van der Waals surface area (Å²) in [6.07, 6.45) is 10.5. The van der Waals surface area contributed by atoms with Crippen LogP contribution >= 0.6 is 0 Å². The zero-order valence-corrected chi connectivity index (χ0v) is 25.4. The van der Waals surface area contributed by atoms with Crippen LogP contribution in [0.3, 0.4) is 0 Å². The molecular formula is C37H37N3O4. The van der Waals surface area contributed by atoms with Crippen LogP contribution in [0.4, 0.5) is 0 Å². The summed E-state index contributed by atoms with van der Waals surface area (Å²) >= 11 is 0. The van der Waals surface area contributed by atoms with Crippen molar-refractivity contribution in [1.82, 2.24) is 9.91 Å². The molecule has 0 unspecified atom stereocenters. The van der Waals surface area contributed by atoms with Gasteiger partial charge >= 0.3 is 0 Å². The summed E-state index contributed by atoms with van der Waals surface area (Å²) in [4.78, 5) is 56.0. The lowest BCUT2D eigenvalue weighted by Crippen LogP contribution is -2.47. The van der Waals surface area contributed by atoms with Gasteiger partial charge in [0, 0.05) is 27.9 Å². The van der Waals surface area contributed by atoms with Crippen LogP contribution in [0.2, 0.25) is 0 Å². The monoisotopic (exact) mass is 587 g/mol. The average molecular weight is 588 g/mol. The lowest BCUT2D eigenvalue weighted by Gasteiger charge is -2.35. The summed E-state index contributed by atoms with van der Waals surface area (Å²) in [7, 11) is 0. The largest absolute Gasteiger partial charge is 0.275 e. The lowest BCUT2D eigenvalue weighted by atomic mass is 9.82. The predicted molar refractivity (Wildman–Crippen MR) is 174 cm³/mol. The normalized spacial score (nSPS) is 15.0. The minimum absolute atomic E-state index is 0.117. The fourth-order valence-corrected chi connectivity index (χ4v) is 7.65. The van der Waals surface area contributed by atoms with Crippen LogP contribution in [0.5, 0.6) is 0 Å². The second-order valence-electron chi connectivity index (χ2n) is 12.5. The topological polar surface area (TPSA) is 101 Å². The first-order valence-corrected chi connectivity index (χ1v) is 16.1. The van der Waals surface area contributed by atoms with Crippen LogP contribution in [-0.2, 0) is 0 Å². The molecule has 4 amide bonds. The summed E-state index contributed by atoms with van der Waals surface area (Å²) in [5.74, 6) is 4.35. The number of hydrogen-bond donors (Lipinski definition) is 1. The van der Waals surface area contributed by atoms with E-state index in [0.717, 1.165) is 96.5 Å². The van der Waals surface area contributed by atoms with E-state index in [4.69, 9.17) is 5.84 Å². The maximum absolute atomic E-state index is 14.3. The van der Waals surface area contributed by atoms with E-state index in [-0.39, 0.29) is 17.9 Å². The van der Waals surface area contributed by atoms with E-state index in [1.54, 1.807) is 17.0 Å². The molecule has 5 aromatic carbocycles. The van der Waals surface area contributed by atoms with Crippen LogP contribution in [0.25, 0.3) is 43.1 Å². The molecular weight excluding hydrogens is 550 g/mol. The van der Waals surface area contributed by atoms with Gasteiger partial charge in [-0.1, -0.05) is 89.5 Å². The number of carbonyl (C=O) groups excluding carboxylic acids is 4. The molecule has 2 N–H and O–H groups in total. The van der Waals surface area contributed by atoms with Crippen molar-refractivity contribution >= 4 is 66.7 Å². The number of fused-ring (bicyclic) bond motifs is 2. The summed E-state index contributed by atoms with van der Waals surface area (Å²) in [6, 6.07) is 14.7. The van der Waals surface area contributed by atoms with Gasteiger partial charge in [-0.05, 0) is 69.4 Å². The van der Waals surface area contributed by atoms with Gasteiger partial charge in [-0.2, -0.15) is 0 Å². The Morgan fingerprint density at radius 1 is 0.500 bits per heavy atom. The van der Waals surface area contributed by atoms with E-state index in [1.807, 2.05) is 36.4 Å². The highest BCUT2D eigenvalue weighted by molar-refractivity contribution is 6.41. The first-order valence-electron chi connectivity index (χ1n) is 16.1. The molecule has 44 heavy (non-hydrogen) atoms. The van der Waals surface area contributed by atoms with E-state index in [2.05, 4.69) is 13.8 Å². The van der Waals surface area contributed by atoms with Gasteiger partial charge in [0.2, 0.25) is 0 Å². The van der Waals surface area contributed by atoms with Crippen molar-refractivity contribution in [3.63, 3.8) is 0 Å². The molecule has 0 saturated heterocycles. The fraction of sp³-hybridized carbons (Fsp3) is 0.351. The van der Waals surface area contributed by atoms with Crippen molar-refractivity contribution in [2.75, 3.05) is 0 Å². The van der Waals surface area contributed by atoms with Crippen molar-refractivity contribution in [1.29, 1.82) is 0 Å². The lowest BCUT2D eigenvalue weighted by molar-refractivity contribution is 0.0514. The average Bonchev–Trinajstić information content (AvgIpc) is 3.04. The summed E-state index contributed by atoms with van der Waals surface area (Å²) in [5, 5.41) is 7.17. The summed E-state index contributed by atoms with van der Waals surface area (Å²) in [6.45, 7) is 4.38. The Balaban J connectivity index is 1.39. The van der Waals surface area contributed by atoms with Crippen molar-refractivity contribution in [3.8, 4) is 0 Å². The number of imide groups is 2. The highest BCUT2D eigenvalue weighted by atomic mass is 16.2. The first-order chi connectivity index (χ1) is 21.4. The number of nitrogens with two attached hydrogens (primary N) is 1. The Labute approximate surface area is 256 Å². The molecule has 0 spiro atoms. The summed E-state index contributed by atoms with van der Waals surface area (Å²) in [5.41, 5.74) is 1.90. The maximum Gasteiger partial charge on any atom is 0.275 e. The second-order valence-corrected chi connectivity index (χ2v) is 12.5. The zero-order valence-electron chi connectivity index (χ0n) is 25.4. The fourth-order valence-electron chi connectivity index (χ4n) is 7.65. The Kier molecular flexibility index (Phi) is 7.08. The molecule has 2 aliphatic rings. The molecule has 5 aromatic rings. The molecule has 7 rings (SSSR count). The van der Waals surface area contributed by atoms with E-state index in [0.29, 0.717) is 38.0 Å². The van der Waals surface area contributed by atoms with Crippen molar-refractivity contribution in [3.05, 3.63) is 70.8 Å². The number of hydrazine groups is 1. The number of carbonyl (C=O) groups is 4. The van der Waals surface area contributed by atoms with Crippen LogP contribution < -0.4 is 5.84 Å². The van der Waals surface area contributed by atoms with Gasteiger partial charge < -0.3 is 0 Å². The number of amides is 4. The molecule has 0 aromatic heterocycles. The third-order valence-corrected chi connectivity index (χ3v) is 9.85. The maximum atomic E-state index is 14.3. The highest BCUT2D eigenvalue weighted by Gasteiger charge is 2.38. The van der Waals surface area contributed by atoms with Crippen LogP contribution in [0, 0.1) is 0 Å². The van der Waals surface area contributed by atoms with E-state index >= 15 is 0 Å². The second kappa shape index (κ2) is 11.0. The minimum Gasteiger partial charge on any atom is -0.271 e. The van der Waals surface area contributed by atoms with Gasteiger partial charge in [-0.25, -0.2) is 10.9 Å². The Hall–Kier alpha value is -4.36. The van der Waals surface area contributed by atoms with Crippen LogP contribution in [-0.4, -0.2) is 39.6 Å². The molecule has 0 aliphatic carbocycles. The molecule has 0 radical (unpaired) electrons. The molecule has 0 atom stereocenters. The minimum atomic E-state index is -0.530. The molecule has 2 aliphatic heterocycles. The Bertz CT molecular complexity index is 1880. The van der Waals surface area contributed by atoms with Gasteiger partial charge in [0.15, 0.2) is 0 Å². The molecule has 0 fully saturated rings. The number of hydrogen-bond acceptors (Lipinski definition) is 5. The third-order valence-electron chi connectivity index (χ3n) is 9.85. The molecule has 0 saturated carbocycles. The third kappa shape index (κ3) is 4.05. The van der Waals surface area contributed by atoms with Crippen molar-refractivity contribution < 1.29 is 19.2 Å². The predicted octanol–water partition coefficient (Wildman–Crippen LogP) is 8.11. The van der Waals surface area contributed by atoms with Crippen molar-refractivity contribution in [2.24, 2.45) is 5.84 Å². The summed E-state index contributed by atoms with van der Waals surface area (Å²) < 4.78 is 0. The zero-order chi connectivity index (χ0) is 30.7. The van der Waals surface area contributed by atoms with Crippen LogP contribution in [0.15, 0.2) is 48.5 Å². The van der Waals surface area contributed by atoms with Crippen LogP contribution in [0.1, 0.15) is 119 Å². The number of benzene rings is 5. The first kappa shape index (κ1) is 28.4. The Morgan fingerprint density at radius 3 is 1.23 bits per heavy atom. The van der Waals surface area contributed by atoms with E-state index < -0.39 is 11.8 Å². The molecule has 7 heteroatoms. The molecule has 224 valence electrons. The van der Waals surface area contributed by atoms with Gasteiger partial charge in [-0.3, -0.25) is 24.1 Å². The molecule has 2 heterocycles. The number of unbranched alkanes of at least 4 members (excludes halogenated alkanes) is 6. The SMILES string of the molecule is CCCCCCC(CCCCCC)N1C(=O)c2ccc3c4ccc5c6c(ccc(c7ccc(c2c37)C1=O)c64)C(=O)N(N)C5=O. The van der Waals surface area contributed by atoms with Gasteiger partial charge in [0.1, 0.15) is 0 Å². The number of nitrogens with zero attached hydrogens (tertiary/aromatic N) is 2. The van der Waals surface area contributed by atoms with E-state index in [9.17, 15) is 19.2 Å². The molecule has 0 bridgehead atoms. The smallest absolute Gasteiger partial charge is 0.271 e. The van der Waals surface area contributed by atoms with Crippen molar-refractivity contribution in [2.45, 2.75) is 84.1 Å².